The summed E-state index contributed by atoms with van der Waals surface area (Å²) in [4.78, 5) is 24.4. The molecule has 7 heteroatoms. The van der Waals surface area contributed by atoms with E-state index >= 15 is 0 Å². The molecular weight excluding hydrogens is 336 g/mol. The fourth-order valence-corrected chi connectivity index (χ4v) is 2.67. The Labute approximate surface area is 142 Å². The largest absolute Gasteiger partial charge is 0.455 e. The van der Waals surface area contributed by atoms with Crippen LogP contribution in [0, 0.1) is 11.6 Å². The molecular formula is C17H15F2NO3S. The maximum atomic E-state index is 13.4. The maximum absolute atomic E-state index is 13.4. The molecule has 0 aliphatic carbocycles. The topological polar surface area (TPSA) is 55.4 Å². The number of benzene rings is 2. The van der Waals surface area contributed by atoms with E-state index in [1.807, 2.05) is 30.3 Å². The van der Waals surface area contributed by atoms with Crippen molar-refractivity contribution in [2.45, 2.75) is 17.1 Å². The molecule has 1 N–H and O–H groups in total. The summed E-state index contributed by atoms with van der Waals surface area (Å²) >= 11 is 1.30. The first kappa shape index (κ1) is 17.9. The second-order valence-electron chi connectivity index (χ2n) is 4.85. The Morgan fingerprint density at radius 2 is 1.88 bits per heavy atom. The summed E-state index contributed by atoms with van der Waals surface area (Å²) in [6.45, 7) is 1.08. The van der Waals surface area contributed by atoms with Crippen molar-refractivity contribution in [1.82, 2.24) is 0 Å². The lowest BCUT2D eigenvalue weighted by Gasteiger charge is -2.11. The molecule has 0 spiro atoms. The van der Waals surface area contributed by atoms with Crippen LogP contribution in [0.2, 0.25) is 0 Å². The number of carbonyl (C=O) groups excluding carboxylic acids is 2. The van der Waals surface area contributed by atoms with Gasteiger partial charge in [-0.2, -0.15) is 0 Å². The van der Waals surface area contributed by atoms with Crippen LogP contribution in [0.4, 0.5) is 14.5 Å². The van der Waals surface area contributed by atoms with Crippen LogP contribution in [0.5, 0.6) is 0 Å². The van der Waals surface area contributed by atoms with Crippen molar-refractivity contribution in [3.05, 3.63) is 60.2 Å². The monoisotopic (exact) mass is 351 g/mol. The molecule has 1 atom stereocenters. The van der Waals surface area contributed by atoms with E-state index in [1.54, 1.807) is 6.92 Å². The van der Waals surface area contributed by atoms with Crippen molar-refractivity contribution in [3.63, 3.8) is 0 Å². The minimum Gasteiger partial charge on any atom is -0.455 e. The summed E-state index contributed by atoms with van der Waals surface area (Å²) in [6.07, 6.45) is 0. The standard InChI is InChI=1S/C17H15F2NO3S/c1-11(24-13-5-3-2-4-6-13)17(22)23-10-16(21)20-15-9-12(18)7-8-14(15)19/h2-9,11H,10H2,1H3,(H,20,21)/t11-/m0/s1. The summed E-state index contributed by atoms with van der Waals surface area (Å²) in [6, 6.07) is 12.0. The number of amides is 1. The van der Waals surface area contributed by atoms with Gasteiger partial charge in [0.15, 0.2) is 6.61 Å². The normalized spacial score (nSPS) is 11.6. The van der Waals surface area contributed by atoms with Crippen LogP contribution in [0.15, 0.2) is 53.4 Å². The lowest BCUT2D eigenvalue weighted by molar-refractivity contribution is -0.146. The highest BCUT2D eigenvalue weighted by molar-refractivity contribution is 8.00. The van der Waals surface area contributed by atoms with Gasteiger partial charge in [-0.05, 0) is 31.2 Å². The molecule has 0 aromatic heterocycles. The quantitative estimate of drug-likeness (QED) is 0.638. The van der Waals surface area contributed by atoms with E-state index in [0.29, 0.717) is 0 Å². The van der Waals surface area contributed by atoms with Gasteiger partial charge in [0.25, 0.3) is 5.91 Å². The van der Waals surface area contributed by atoms with Crippen molar-refractivity contribution in [2.75, 3.05) is 11.9 Å². The Morgan fingerprint density at radius 3 is 2.58 bits per heavy atom. The molecule has 0 radical (unpaired) electrons. The minimum absolute atomic E-state index is 0.303. The number of anilines is 1. The van der Waals surface area contributed by atoms with E-state index < -0.39 is 35.4 Å². The van der Waals surface area contributed by atoms with Gasteiger partial charge in [0.2, 0.25) is 0 Å². The fraction of sp³-hybridized carbons (Fsp3) is 0.176. The van der Waals surface area contributed by atoms with Crippen molar-refractivity contribution >= 4 is 29.3 Å². The molecule has 2 rings (SSSR count). The van der Waals surface area contributed by atoms with Gasteiger partial charge in [-0.25, -0.2) is 8.78 Å². The second kappa shape index (κ2) is 8.44. The molecule has 0 unspecified atom stereocenters. The molecule has 0 bridgehead atoms. The predicted molar refractivity (Wildman–Crippen MR) is 87.7 cm³/mol. The number of nitrogens with one attached hydrogen (secondary N) is 1. The first-order valence-electron chi connectivity index (χ1n) is 7.09. The van der Waals surface area contributed by atoms with E-state index in [-0.39, 0.29) is 5.69 Å². The number of thioether (sulfide) groups is 1. The first-order valence-corrected chi connectivity index (χ1v) is 7.97. The molecule has 2 aromatic carbocycles. The minimum atomic E-state index is -0.774. The number of hydrogen-bond acceptors (Lipinski definition) is 4. The van der Waals surface area contributed by atoms with Gasteiger partial charge in [-0.3, -0.25) is 9.59 Å². The highest BCUT2D eigenvalue weighted by atomic mass is 32.2. The zero-order chi connectivity index (χ0) is 17.5. The highest BCUT2D eigenvalue weighted by Gasteiger charge is 2.17. The van der Waals surface area contributed by atoms with Gasteiger partial charge in [-0.15, -0.1) is 11.8 Å². The van der Waals surface area contributed by atoms with Gasteiger partial charge >= 0.3 is 5.97 Å². The molecule has 0 aliphatic heterocycles. The van der Waals surface area contributed by atoms with E-state index in [1.165, 1.54) is 11.8 Å². The first-order chi connectivity index (χ1) is 11.5. The van der Waals surface area contributed by atoms with Gasteiger partial charge in [0.05, 0.1) is 5.69 Å². The SMILES string of the molecule is C[C@H](Sc1ccccc1)C(=O)OCC(=O)Nc1cc(F)ccc1F. The number of hydrogen-bond donors (Lipinski definition) is 1. The van der Waals surface area contributed by atoms with Crippen LogP contribution >= 0.6 is 11.8 Å². The van der Waals surface area contributed by atoms with Gasteiger partial charge in [0, 0.05) is 11.0 Å². The van der Waals surface area contributed by atoms with E-state index in [2.05, 4.69) is 5.32 Å². The third-order valence-corrected chi connectivity index (χ3v) is 4.03. The van der Waals surface area contributed by atoms with Crippen molar-refractivity contribution in [3.8, 4) is 0 Å². The smallest absolute Gasteiger partial charge is 0.319 e. The zero-order valence-corrected chi connectivity index (χ0v) is 13.6. The van der Waals surface area contributed by atoms with Crippen LogP contribution in [-0.4, -0.2) is 23.7 Å². The Bertz CT molecular complexity index is 725. The Morgan fingerprint density at radius 1 is 1.17 bits per heavy atom. The van der Waals surface area contributed by atoms with Gasteiger partial charge < -0.3 is 10.1 Å². The lowest BCUT2D eigenvalue weighted by Crippen LogP contribution is -2.25. The third kappa shape index (κ3) is 5.34. The summed E-state index contributed by atoms with van der Waals surface area (Å²) in [5, 5.41) is 1.65. The Balaban J connectivity index is 1.82. The van der Waals surface area contributed by atoms with Crippen LogP contribution in [0.1, 0.15) is 6.92 Å². The molecule has 0 heterocycles. The molecule has 24 heavy (non-hydrogen) atoms. The van der Waals surface area contributed by atoms with Crippen molar-refractivity contribution in [2.24, 2.45) is 0 Å². The van der Waals surface area contributed by atoms with Gasteiger partial charge in [0.1, 0.15) is 16.9 Å². The van der Waals surface area contributed by atoms with E-state index in [9.17, 15) is 18.4 Å². The molecule has 126 valence electrons. The summed E-state index contributed by atoms with van der Waals surface area (Å²) < 4.78 is 31.3. The van der Waals surface area contributed by atoms with Crippen LogP contribution < -0.4 is 5.32 Å². The average molecular weight is 351 g/mol. The van der Waals surface area contributed by atoms with Crippen LogP contribution in [-0.2, 0) is 14.3 Å². The Hall–Kier alpha value is -2.41. The second-order valence-corrected chi connectivity index (χ2v) is 6.27. The van der Waals surface area contributed by atoms with Crippen LogP contribution in [0.25, 0.3) is 0 Å². The summed E-state index contributed by atoms with van der Waals surface area (Å²) in [5.41, 5.74) is -0.303. The molecule has 0 fully saturated rings. The maximum Gasteiger partial charge on any atom is 0.319 e. The number of carbonyl (C=O) groups is 2. The molecule has 2 aromatic rings. The van der Waals surface area contributed by atoms with E-state index in [4.69, 9.17) is 4.74 Å². The predicted octanol–water partition coefficient (Wildman–Crippen LogP) is 3.63. The van der Waals surface area contributed by atoms with Crippen molar-refractivity contribution < 1.29 is 23.1 Å². The number of halogens is 2. The molecule has 4 nitrogen and oxygen atoms in total. The van der Waals surface area contributed by atoms with Crippen LogP contribution in [0.3, 0.4) is 0 Å². The third-order valence-electron chi connectivity index (χ3n) is 2.94. The summed E-state index contributed by atoms with van der Waals surface area (Å²) in [7, 11) is 0. The average Bonchev–Trinajstić information content (AvgIpc) is 2.57. The Kier molecular flexibility index (Phi) is 6.31. The summed E-state index contributed by atoms with van der Waals surface area (Å²) in [5.74, 6) is -2.77. The van der Waals surface area contributed by atoms with Crippen molar-refractivity contribution in [1.29, 1.82) is 0 Å². The molecule has 0 saturated carbocycles. The lowest BCUT2D eigenvalue weighted by atomic mass is 10.3. The number of rotatable bonds is 6. The van der Waals surface area contributed by atoms with E-state index in [0.717, 1.165) is 23.1 Å². The number of ether oxygens (including phenoxy) is 1. The molecule has 0 saturated heterocycles. The molecule has 1 amide bonds. The highest BCUT2D eigenvalue weighted by Crippen LogP contribution is 2.23. The number of esters is 1. The van der Waals surface area contributed by atoms with Gasteiger partial charge in [-0.1, -0.05) is 18.2 Å². The molecule has 0 aliphatic rings. The zero-order valence-electron chi connectivity index (χ0n) is 12.8. The fourth-order valence-electron chi connectivity index (χ4n) is 1.78.